The van der Waals surface area contributed by atoms with Crippen LogP contribution in [0, 0.1) is 0 Å². The number of fused-ring (bicyclic) bond motifs is 1. The zero-order valence-electron chi connectivity index (χ0n) is 12.3. The summed E-state index contributed by atoms with van der Waals surface area (Å²) in [6.07, 6.45) is 3.96. The first-order chi connectivity index (χ1) is 10.5. The van der Waals surface area contributed by atoms with Gasteiger partial charge in [-0.3, -0.25) is 4.79 Å². The van der Waals surface area contributed by atoms with E-state index in [2.05, 4.69) is 27.9 Å². The number of carbonyl (C=O) groups is 1. The molecule has 1 unspecified atom stereocenters. The van der Waals surface area contributed by atoms with Gasteiger partial charge in [0.2, 0.25) is 0 Å². The first-order valence-electron chi connectivity index (χ1n) is 7.19. The average Bonchev–Trinajstić information content (AvgIpc) is 2.67. The van der Waals surface area contributed by atoms with Crippen LogP contribution in [0.15, 0.2) is 30.6 Å². The number of benzene rings is 1. The number of nitrogens with two attached hydrogens (primary N) is 1. The fraction of sp³-hybridized carbons (Fsp3) is 0.312. The van der Waals surface area contributed by atoms with Crippen LogP contribution in [0.5, 0.6) is 0 Å². The monoisotopic (exact) mass is 316 g/mol. The van der Waals surface area contributed by atoms with Crippen molar-refractivity contribution in [2.45, 2.75) is 19.3 Å². The molecule has 5 nitrogen and oxygen atoms in total. The van der Waals surface area contributed by atoms with Crippen molar-refractivity contribution in [1.82, 2.24) is 9.97 Å². The van der Waals surface area contributed by atoms with Crippen LogP contribution in [0.4, 0.5) is 5.82 Å². The number of halogens is 1. The minimum absolute atomic E-state index is 0.182. The summed E-state index contributed by atoms with van der Waals surface area (Å²) in [7, 11) is 0. The molecular formula is C16H17ClN4O. The van der Waals surface area contributed by atoms with E-state index in [0.29, 0.717) is 5.92 Å². The van der Waals surface area contributed by atoms with Gasteiger partial charge in [-0.25, -0.2) is 9.97 Å². The van der Waals surface area contributed by atoms with Crippen molar-refractivity contribution in [3.05, 3.63) is 52.4 Å². The maximum Gasteiger partial charge on any atom is 0.268 e. The predicted octanol–water partition coefficient (Wildman–Crippen LogP) is 2.40. The molecule has 0 saturated carbocycles. The maximum atomic E-state index is 11.1. The highest BCUT2D eigenvalue weighted by molar-refractivity contribution is 6.30. The lowest BCUT2D eigenvalue weighted by molar-refractivity contribution is 0.0995. The smallest absolute Gasteiger partial charge is 0.268 e. The minimum atomic E-state index is -0.565. The quantitative estimate of drug-likeness (QED) is 0.923. The van der Waals surface area contributed by atoms with Crippen molar-refractivity contribution in [3.63, 3.8) is 0 Å². The van der Waals surface area contributed by atoms with Crippen molar-refractivity contribution in [1.29, 1.82) is 0 Å². The molecule has 0 radical (unpaired) electrons. The minimum Gasteiger partial charge on any atom is -0.364 e. The lowest BCUT2D eigenvalue weighted by Gasteiger charge is -2.23. The van der Waals surface area contributed by atoms with Gasteiger partial charge >= 0.3 is 0 Å². The van der Waals surface area contributed by atoms with E-state index >= 15 is 0 Å². The van der Waals surface area contributed by atoms with Gasteiger partial charge in [-0.2, -0.15) is 0 Å². The van der Waals surface area contributed by atoms with E-state index < -0.39 is 5.91 Å². The maximum absolute atomic E-state index is 11.1. The van der Waals surface area contributed by atoms with E-state index in [1.54, 1.807) is 6.20 Å². The van der Waals surface area contributed by atoms with Crippen LogP contribution in [0.2, 0.25) is 5.02 Å². The second-order valence-corrected chi connectivity index (χ2v) is 6.00. The zero-order chi connectivity index (χ0) is 15.7. The third-order valence-electron chi connectivity index (χ3n) is 4.00. The van der Waals surface area contributed by atoms with Crippen LogP contribution < -0.4 is 10.6 Å². The molecule has 1 aliphatic rings. The Morgan fingerprint density at radius 1 is 1.36 bits per heavy atom. The highest BCUT2D eigenvalue weighted by Gasteiger charge is 2.21. The highest BCUT2D eigenvalue weighted by Crippen LogP contribution is 2.29. The SMILES string of the molecule is CC1CN(c2cnc(C(N)=O)cn2)CCc2ccc(Cl)cc21. The largest absolute Gasteiger partial charge is 0.364 e. The standard InChI is InChI=1S/C16H17ClN4O/c1-10-9-21(15-8-19-14(7-20-15)16(18)22)5-4-11-2-3-12(17)6-13(10)11/h2-3,6-8,10H,4-5,9H2,1H3,(H2,18,22). The first kappa shape index (κ1) is 14.8. The van der Waals surface area contributed by atoms with Crippen LogP contribution >= 0.6 is 11.6 Å². The molecule has 0 aliphatic carbocycles. The Labute approximate surface area is 134 Å². The molecule has 22 heavy (non-hydrogen) atoms. The number of nitrogens with zero attached hydrogens (tertiary/aromatic N) is 3. The van der Waals surface area contributed by atoms with Gasteiger partial charge in [-0.1, -0.05) is 24.6 Å². The number of amides is 1. The topological polar surface area (TPSA) is 72.1 Å². The van der Waals surface area contributed by atoms with Crippen molar-refractivity contribution < 1.29 is 4.79 Å². The third kappa shape index (κ3) is 2.90. The van der Waals surface area contributed by atoms with E-state index in [9.17, 15) is 4.79 Å². The summed E-state index contributed by atoms with van der Waals surface area (Å²) in [5.74, 6) is 0.537. The Morgan fingerprint density at radius 2 is 2.18 bits per heavy atom. The van der Waals surface area contributed by atoms with Gasteiger partial charge in [0.25, 0.3) is 5.91 Å². The number of carbonyl (C=O) groups excluding carboxylic acids is 1. The van der Waals surface area contributed by atoms with Gasteiger partial charge in [-0.05, 0) is 35.6 Å². The molecule has 0 bridgehead atoms. The lowest BCUT2D eigenvalue weighted by atomic mass is 9.95. The molecule has 2 N–H and O–H groups in total. The summed E-state index contributed by atoms with van der Waals surface area (Å²) in [5, 5.41) is 0.768. The van der Waals surface area contributed by atoms with E-state index in [-0.39, 0.29) is 5.69 Å². The number of primary amides is 1. The molecular weight excluding hydrogens is 300 g/mol. The van der Waals surface area contributed by atoms with Gasteiger partial charge < -0.3 is 10.6 Å². The van der Waals surface area contributed by atoms with Gasteiger partial charge in [-0.15, -0.1) is 0 Å². The third-order valence-corrected chi connectivity index (χ3v) is 4.23. The van der Waals surface area contributed by atoms with E-state index in [4.69, 9.17) is 17.3 Å². The zero-order valence-corrected chi connectivity index (χ0v) is 13.0. The van der Waals surface area contributed by atoms with E-state index in [1.165, 1.54) is 17.3 Å². The summed E-state index contributed by atoms with van der Waals surface area (Å²) in [5.41, 5.74) is 7.98. The Hall–Kier alpha value is -2.14. The molecule has 114 valence electrons. The van der Waals surface area contributed by atoms with Crippen LogP contribution in [0.1, 0.15) is 34.5 Å². The molecule has 2 heterocycles. The molecule has 0 saturated heterocycles. The summed E-state index contributed by atoms with van der Waals surface area (Å²) in [6.45, 7) is 3.86. The Kier molecular flexibility index (Phi) is 3.98. The Balaban J connectivity index is 1.85. The van der Waals surface area contributed by atoms with Gasteiger partial charge in [0, 0.05) is 18.1 Å². The molecule has 1 atom stereocenters. The summed E-state index contributed by atoms with van der Waals surface area (Å²) in [4.78, 5) is 21.6. The van der Waals surface area contributed by atoms with Crippen LogP contribution in [-0.4, -0.2) is 29.0 Å². The van der Waals surface area contributed by atoms with Crippen molar-refractivity contribution >= 4 is 23.3 Å². The first-order valence-corrected chi connectivity index (χ1v) is 7.57. The molecule has 1 aromatic carbocycles. The summed E-state index contributed by atoms with van der Waals surface area (Å²) < 4.78 is 0. The van der Waals surface area contributed by atoms with Crippen molar-refractivity contribution in [2.24, 2.45) is 5.73 Å². The van der Waals surface area contributed by atoms with E-state index in [1.807, 2.05) is 12.1 Å². The number of aromatic nitrogens is 2. The average molecular weight is 317 g/mol. The normalized spacial score (nSPS) is 17.7. The Morgan fingerprint density at radius 3 is 2.86 bits per heavy atom. The molecule has 1 amide bonds. The second kappa shape index (κ2) is 5.93. The number of hydrogen-bond donors (Lipinski definition) is 1. The number of rotatable bonds is 2. The lowest BCUT2D eigenvalue weighted by Crippen LogP contribution is -2.28. The summed E-state index contributed by atoms with van der Waals surface area (Å²) >= 11 is 6.12. The van der Waals surface area contributed by atoms with Crippen molar-refractivity contribution in [2.75, 3.05) is 18.0 Å². The van der Waals surface area contributed by atoms with Crippen LogP contribution in [0.3, 0.4) is 0 Å². The molecule has 0 fully saturated rings. The number of anilines is 1. The Bertz CT molecular complexity index is 702. The second-order valence-electron chi connectivity index (χ2n) is 5.56. The molecule has 2 aromatic rings. The van der Waals surface area contributed by atoms with E-state index in [0.717, 1.165) is 30.4 Å². The van der Waals surface area contributed by atoms with Gasteiger partial charge in [0.1, 0.15) is 11.5 Å². The number of hydrogen-bond acceptors (Lipinski definition) is 4. The van der Waals surface area contributed by atoms with Gasteiger partial charge in [0.05, 0.1) is 12.4 Å². The fourth-order valence-electron chi connectivity index (χ4n) is 2.85. The molecule has 1 aliphatic heterocycles. The summed E-state index contributed by atoms with van der Waals surface area (Å²) in [6, 6.07) is 6.08. The van der Waals surface area contributed by atoms with Crippen LogP contribution in [0.25, 0.3) is 0 Å². The van der Waals surface area contributed by atoms with Crippen molar-refractivity contribution in [3.8, 4) is 0 Å². The highest BCUT2D eigenvalue weighted by atomic mass is 35.5. The molecule has 0 spiro atoms. The molecule has 3 rings (SSSR count). The molecule has 6 heteroatoms. The van der Waals surface area contributed by atoms with Gasteiger partial charge in [0.15, 0.2) is 0 Å². The fourth-order valence-corrected chi connectivity index (χ4v) is 3.03. The predicted molar refractivity (Wildman–Crippen MR) is 86.3 cm³/mol. The van der Waals surface area contributed by atoms with Crippen LogP contribution in [-0.2, 0) is 6.42 Å². The molecule has 1 aromatic heterocycles.